The number of carbonyl (C=O) groups is 1. The molecule has 2 aromatic carbocycles. The van der Waals surface area contributed by atoms with Crippen LogP contribution in [0, 0.1) is 5.82 Å². The zero-order chi connectivity index (χ0) is 16.7. The number of para-hydroxylation sites is 2. The molecule has 0 aliphatic carbocycles. The second kappa shape index (κ2) is 5.61. The highest BCUT2D eigenvalue weighted by molar-refractivity contribution is 7.80. The van der Waals surface area contributed by atoms with Crippen molar-refractivity contribution in [2.75, 3.05) is 11.7 Å². The van der Waals surface area contributed by atoms with Gasteiger partial charge in [0.1, 0.15) is 11.5 Å². The molecule has 1 saturated heterocycles. The average molecular weight is 342 g/mol. The molecular formula is C17H11FN2O3S. The molecule has 0 spiro atoms. The van der Waals surface area contributed by atoms with Gasteiger partial charge < -0.3 is 14.8 Å². The summed E-state index contributed by atoms with van der Waals surface area (Å²) < 4.78 is 24.7. The molecule has 0 radical (unpaired) electrons. The first kappa shape index (κ1) is 14.6. The standard InChI is InChI=1S/C17H11FN2O3S/c18-11-5-1-2-6-13(11)20-16(21)12(19-17(20)24)8-10-4-3-7-14-15(10)23-9-22-14/h1-8H,9H2,(H,19,24). The third-order valence-electron chi connectivity index (χ3n) is 3.70. The summed E-state index contributed by atoms with van der Waals surface area (Å²) in [6.07, 6.45) is 1.61. The highest BCUT2D eigenvalue weighted by atomic mass is 32.1. The summed E-state index contributed by atoms with van der Waals surface area (Å²) in [6.45, 7) is 0.136. The Hall–Kier alpha value is -2.93. The van der Waals surface area contributed by atoms with Crippen LogP contribution in [0.15, 0.2) is 48.2 Å². The molecule has 24 heavy (non-hydrogen) atoms. The van der Waals surface area contributed by atoms with Crippen molar-refractivity contribution in [3.63, 3.8) is 0 Å². The van der Waals surface area contributed by atoms with Gasteiger partial charge in [-0.2, -0.15) is 0 Å². The summed E-state index contributed by atoms with van der Waals surface area (Å²) >= 11 is 5.18. The number of thiocarbonyl (C=S) groups is 1. The summed E-state index contributed by atoms with van der Waals surface area (Å²) in [7, 11) is 0. The smallest absolute Gasteiger partial charge is 0.281 e. The molecule has 1 amide bonds. The Morgan fingerprint density at radius 3 is 2.83 bits per heavy atom. The monoisotopic (exact) mass is 342 g/mol. The molecule has 1 fully saturated rings. The lowest BCUT2D eigenvalue weighted by Gasteiger charge is -2.14. The van der Waals surface area contributed by atoms with E-state index in [1.807, 2.05) is 0 Å². The molecule has 7 heteroatoms. The first-order valence-corrected chi connectivity index (χ1v) is 7.56. The lowest BCUT2D eigenvalue weighted by Crippen LogP contribution is -2.31. The van der Waals surface area contributed by atoms with Crippen LogP contribution in [0.25, 0.3) is 6.08 Å². The zero-order valence-corrected chi connectivity index (χ0v) is 13.1. The first-order valence-electron chi connectivity index (χ1n) is 7.15. The molecular weight excluding hydrogens is 331 g/mol. The van der Waals surface area contributed by atoms with E-state index in [0.29, 0.717) is 17.1 Å². The summed E-state index contributed by atoms with van der Waals surface area (Å²) in [5.74, 6) is 0.230. The summed E-state index contributed by atoms with van der Waals surface area (Å²) in [5.41, 5.74) is 1.03. The minimum atomic E-state index is -0.520. The minimum Gasteiger partial charge on any atom is -0.454 e. The maximum absolute atomic E-state index is 14.0. The van der Waals surface area contributed by atoms with Crippen LogP contribution in [0.2, 0.25) is 0 Å². The number of rotatable bonds is 2. The number of ether oxygens (including phenoxy) is 2. The van der Waals surface area contributed by atoms with Gasteiger partial charge in [0, 0.05) is 5.56 Å². The number of fused-ring (bicyclic) bond motifs is 1. The molecule has 0 unspecified atom stereocenters. The quantitative estimate of drug-likeness (QED) is 0.672. The third kappa shape index (κ3) is 2.30. The number of amides is 1. The van der Waals surface area contributed by atoms with Crippen LogP contribution in [0.1, 0.15) is 5.56 Å². The van der Waals surface area contributed by atoms with Crippen molar-refractivity contribution in [2.24, 2.45) is 0 Å². The van der Waals surface area contributed by atoms with Gasteiger partial charge in [0.2, 0.25) is 6.79 Å². The molecule has 120 valence electrons. The Bertz CT molecular complexity index is 897. The number of halogens is 1. The summed E-state index contributed by atoms with van der Waals surface area (Å²) in [6, 6.07) is 11.4. The lowest BCUT2D eigenvalue weighted by atomic mass is 10.1. The van der Waals surface area contributed by atoms with Crippen molar-refractivity contribution in [3.05, 3.63) is 59.5 Å². The van der Waals surface area contributed by atoms with Crippen molar-refractivity contribution in [2.45, 2.75) is 0 Å². The minimum absolute atomic E-state index is 0.112. The Labute approximate surface area is 142 Å². The summed E-state index contributed by atoms with van der Waals surface area (Å²) in [4.78, 5) is 13.8. The largest absolute Gasteiger partial charge is 0.454 e. The molecule has 0 atom stereocenters. The zero-order valence-electron chi connectivity index (χ0n) is 12.3. The van der Waals surface area contributed by atoms with Crippen molar-refractivity contribution in [1.82, 2.24) is 5.32 Å². The van der Waals surface area contributed by atoms with E-state index >= 15 is 0 Å². The van der Waals surface area contributed by atoms with E-state index in [0.717, 1.165) is 4.90 Å². The van der Waals surface area contributed by atoms with E-state index in [9.17, 15) is 9.18 Å². The average Bonchev–Trinajstić information content (AvgIpc) is 3.15. The first-order chi connectivity index (χ1) is 11.6. The molecule has 2 heterocycles. The SMILES string of the molecule is O=C1C(=Cc2cccc3c2OCO3)NC(=S)N1c1ccccc1F. The van der Waals surface area contributed by atoms with Gasteiger partial charge in [-0.15, -0.1) is 0 Å². The highest BCUT2D eigenvalue weighted by Gasteiger charge is 2.33. The molecule has 2 aliphatic heterocycles. The number of nitrogens with one attached hydrogen (secondary N) is 1. The van der Waals surface area contributed by atoms with Crippen molar-refractivity contribution in [1.29, 1.82) is 0 Å². The van der Waals surface area contributed by atoms with Crippen molar-refractivity contribution < 1.29 is 18.7 Å². The van der Waals surface area contributed by atoms with E-state index in [4.69, 9.17) is 21.7 Å². The number of carbonyl (C=O) groups excluding carboxylic acids is 1. The van der Waals surface area contributed by atoms with Crippen LogP contribution in [0.4, 0.5) is 10.1 Å². The van der Waals surface area contributed by atoms with Gasteiger partial charge in [-0.25, -0.2) is 9.29 Å². The fourth-order valence-corrected chi connectivity index (χ4v) is 2.90. The molecule has 4 rings (SSSR count). The second-order valence-corrected chi connectivity index (χ2v) is 5.55. The topological polar surface area (TPSA) is 50.8 Å². The molecule has 2 aromatic rings. The molecule has 2 aliphatic rings. The van der Waals surface area contributed by atoms with Gasteiger partial charge >= 0.3 is 0 Å². The molecule has 0 bridgehead atoms. The lowest BCUT2D eigenvalue weighted by molar-refractivity contribution is -0.113. The number of nitrogens with zero attached hydrogens (tertiary/aromatic N) is 1. The van der Waals surface area contributed by atoms with Gasteiger partial charge in [-0.1, -0.05) is 24.3 Å². The van der Waals surface area contributed by atoms with Gasteiger partial charge in [-0.05, 0) is 36.5 Å². The third-order valence-corrected chi connectivity index (χ3v) is 3.98. The number of benzene rings is 2. The highest BCUT2D eigenvalue weighted by Crippen LogP contribution is 2.37. The van der Waals surface area contributed by atoms with E-state index in [2.05, 4.69) is 5.32 Å². The van der Waals surface area contributed by atoms with E-state index in [1.165, 1.54) is 12.1 Å². The fourth-order valence-electron chi connectivity index (χ4n) is 2.61. The van der Waals surface area contributed by atoms with E-state index < -0.39 is 11.7 Å². The fraction of sp³-hybridized carbons (Fsp3) is 0.0588. The van der Waals surface area contributed by atoms with Crippen LogP contribution in [-0.4, -0.2) is 17.8 Å². The second-order valence-electron chi connectivity index (χ2n) is 5.16. The Kier molecular flexibility index (Phi) is 3.42. The molecule has 1 N–H and O–H groups in total. The number of hydrogen-bond donors (Lipinski definition) is 1. The Morgan fingerprint density at radius 1 is 1.17 bits per heavy atom. The number of hydrogen-bond acceptors (Lipinski definition) is 4. The van der Waals surface area contributed by atoms with Gasteiger partial charge in [-0.3, -0.25) is 4.79 Å². The Morgan fingerprint density at radius 2 is 2.00 bits per heavy atom. The van der Waals surface area contributed by atoms with Crippen molar-refractivity contribution in [3.8, 4) is 11.5 Å². The van der Waals surface area contributed by atoms with Crippen LogP contribution < -0.4 is 19.7 Å². The predicted octanol–water partition coefficient (Wildman–Crippen LogP) is 2.82. The maximum Gasteiger partial charge on any atom is 0.281 e. The van der Waals surface area contributed by atoms with Crippen LogP contribution in [0.3, 0.4) is 0 Å². The van der Waals surface area contributed by atoms with Crippen LogP contribution >= 0.6 is 12.2 Å². The van der Waals surface area contributed by atoms with E-state index in [-0.39, 0.29) is 23.3 Å². The molecule has 0 aromatic heterocycles. The van der Waals surface area contributed by atoms with E-state index in [1.54, 1.807) is 36.4 Å². The van der Waals surface area contributed by atoms with Crippen molar-refractivity contribution >= 4 is 35.0 Å². The number of anilines is 1. The Balaban J connectivity index is 1.72. The van der Waals surface area contributed by atoms with Crippen LogP contribution in [0.5, 0.6) is 11.5 Å². The predicted molar refractivity (Wildman–Crippen MR) is 90.2 cm³/mol. The summed E-state index contributed by atoms with van der Waals surface area (Å²) in [5, 5.41) is 2.95. The normalized spacial score (nSPS) is 17.5. The molecule has 0 saturated carbocycles. The van der Waals surface area contributed by atoms with Crippen LogP contribution in [-0.2, 0) is 4.79 Å². The van der Waals surface area contributed by atoms with Gasteiger partial charge in [0.25, 0.3) is 5.91 Å². The van der Waals surface area contributed by atoms with Gasteiger partial charge in [0.15, 0.2) is 16.6 Å². The van der Waals surface area contributed by atoms with Gasteiger partial charge in [0.05, 0.1) is 5.69 Å². The maximum atomic E-state index is 14.0. The molecule has 5 nitrogen and oxygen atoms in total.